The smallest absolute Gasteiger partial charge is 0.255 e. The second kappa shape index (κ2) is 9.62. The Kier molecular flexibility index (Phi) is 7.50. The molecule has 1 aliphatic heterocycles. The summed E-state index contributed by atoms with van der Waals surface area (Å²) in [6.45, 7) is 3.97. The van der Waals surface area contributed by atoms with Crippen LogP contribution in [0, 0.1) is 5.92 Å². The van der Waals surface area contributed by atoms with Crippen molar-refractivity contribution in [2.75, 3.05) is 32.8 Å². The quantitative estimate of drug-likeness (QED) is 0.899. The maximum absolute atomic E-state index is 12.3. The maximum Gasteiger partial charge on any atom is 0.255 e. The lowest BCUT2D eigenvalue weighted by atomic mass is 9.87. The number of pyridine rings is 1. The summed E-state index contributed by atoms with van der Waals surface area (Å²) in [7, 11) is 0. The number of ether oxygens (including phenoxy) is 1. The van der Waals surface area contributed by atoms with Gasteiger partial charge in [0.05, 0.1) is 12.2 Å². The molecule has 2 heterocycles. The van der Waals surface area contributed by atoms with Crippen LogP contribution in [0.3, 0.4) is 0 Å². The molecular weight excluding hydrogens is 302 g/mol. The van der Waals surface area contributed by atoms with Gasteiger partial charge in [0.2, 0.25) is 5.88 Å². The minimum absolute atomic E-state index is 0. The summed E-state index contributed by atoms with van der Waals surface area (Å²) >= 11 is 0. The van der Waals surface area contributed by atoms with Gasteiger partial charge in [0.1, 0.15) is 0 Å². The third-order valence-corrected chi connectivity index (χ3v) is 4.89. The summed E-state index contributed by atoms with van der Waals surface area (Å²) in [5, 5.41) is 3.25. The van der Waals surface area contributed by atoms with E-state index in [2.05, 4.69) is 10.3 Å². The van der Waals surface area contributed by atoms with Gasteiger partial charge in [-0.3, -0.25) is 4.79 Å². The van der Waals surface area contributed by atoms with Crippen molar-refractivity contribution in [3.63, 3.8) is 0 Å². The van der Waals surface area contributed by atoms with E-state index in [9.17, 15) is 4.79 Å². The van der Waals surface area contributed by atoms with Crippen molar-refractivity contribution in [2.24, 2.45) is 5.92 Å². The molecule has 5 nitrogen and oxygen atoms in total. The number of rotatable bonds is 5. The van der Waals surface area contributed by atoms with Gasteiger partial charge in [0.25, 0.3) is 5.91 Å². The Hall–Kier alpha value is -1.62. The zero-order valence-electron chi connectivity index (χ0n) is 13.8. The van der Waals surface area contributed by atoms with Crippen LogP contribution in [-0.4, -0.2) is 48.6 Å². The predicted octanol–water partition coefficient (Wildman–Crippen LogP) is 3.11. The first-order chi connectivity index (χ1) is 11.3. The highest BCUT2D eigenvalue weighted by Gasteiger charge is 2.18. The maximum atomic E-state index is 12.3. The lowest BCUT2D eigenvalue weighted by molar-refractivity contribution is 0.0735. The van der Waals surface area contributed by atoms with Gasteiger partial charge in [-0.2, -0.15) is 0 Å². The SMILES string of the molecule is C.O=C(c1ccc(OCCC2CCCCC2)nc1)N1CCNCC1. The van der Waals surface area contributed by atoms with Gasteiger partial charge in [0.15, 0.2) is 0 Å². The van der Waals surface area contributed by atoms with Crippen molar-refractivity contribution < 1.29 is 9.53 Å². The molecule has 134 valence electrons. The largest absolute Gasteiger partial charge is 0.478 e. The lowest BCUT2D eigenvalue weighted by Crippen LogP contribution is -2.46. The van der Waals surface area contributed by atoms with Gasteiger partial charge in [-0.1, -0.05) is 39.5 Å². The van der Waals surface area contributed by atoms with Crippen LogP contribution in [-0.2, 0) is 0 Å². The van der Waals surface area contributed by atoms with E-state index in [-0.39, 0.29) is 13.3 Å². The number of nitrogens with one attached hydrogen (secondary N) is 1. The molecule has 3 rings (SSSR count). The monoisotopic (exact) mass is 333 g/mol. The van der Waals surface area contributed by atoms with E-state index in [1.54, 1.807) is 6.20 Å². The second-order valence-electron chi connectivity index (χ2n) is 6.57. The zero-order valence-corrected chi connectivity index (χ0v) is 13.8. The number of piperazine rings is 1. The first-order valence-electron chi connectivity index (χ1n) is 8.92. The van der Waals surface area contributed by atoms with Crippen molar-refractivity contribution in [1.82, 2.24) is 15.2 Å². The van der Waals surface area contributed by atoms with Crippen LogP contribution in [0.15, 0.2) is 18.3 Å². The number of carbonyl (C=O) groups excluding carboxylic acids is 1. The summed E-state index contributed by atoms with van der Waals surface area (Å²) in [4.78, 5) is 18.5. The van der Waals surface area contributed by atoms with Gasteiger partial charge >= 0.3 is 0 Å². The molecule has 1 aliphatic carbocycles. The Bertz CT molecular complexity index is 492. The Morgan fingerprint density at radius 1 is 1.21 bits per heavy atom. The van der Waals surface area contributed by atoms with Gasteiger partial charge in [-0.25, -0.2) is 4.98 Å². The molecule has 2 fully saturated rings. The minimum Gasteiger partial charge on any atom is -0.478 e. The van der Waals surface area contributed by atoms with E-state index >= 15 is 0 Å². The lowest BCUT2D eigenvalue weighted by Gasteiger charge is -2.27. The predicted molar refractivity (Wildman–Crippen MR) is 96.4 cm³/mol. The van der Waals surface area contributed by atoms with Crippen molar-refractivity contribution in [2.45, 2.75) is 46.0 Å². The average molecular weight is 333 g/mol. The Labute approximate surface area is 145 Å². The van der Waals surface area contributed by atoms with E-state index in [0.717, 1.165) is 45.1 Å². The first-order valence-corrected chi connectivity index (χ1v) is 8.92. The number of hydrogen-bond acceptors (Lipinski definition) is 4. The van der Waals surface area contributed by atoms with E-state index in [4.69, 9.17) is 4.74 Å². The van der Waals surface area contributed by atoms with Gasteiger partial charge in [-0.05, 0) is 18.4 Å². The fraction of sp³-hybridized carbons (Fsp3) is 0.684. The summed E-state index contributed by atoms with van der Waals surface area (Å²) in [5.41, 5.74) is 0.645. The summed E-state index contributed by atoms with van der Waals surface area (Å²) < 4.78 is 5.74. The third kappa shape index (κ3) is 5.20. The molecule has 1 aromatic heterocycles. The fourth-order valence-corrected chi connectivity index (χ4v) is 3.45. The number of hydrogen-bond donors (Lipinski definition) is 1. The highest BCUT2D eigenvalue weighted by Crippen LogP contribution is 2.26. The van der Waals surface area contributed by atoms with Crippen LogP contribution >= 0.6 is 0 Å². The molecule has 24 heavy (non-hydrogen) atoms. The third-order valence-electron chi connectivity index (χ3n) is 4.89. The van der Waals surface area contributed by atoms with Crippen LogP contribution in [0.1, 0.15) is 56.3 Å². The van der Waals surface area contributed by atoms with Crippen LogP contribution in [0.2, 0.25) is 0 Å². The van der Waals surface area contributed by atoms with Gasteiger partial charge in [-0.15, -0.1) is 0 Å². The highest BCUT2D eigenvalue weighted by molar-refractivity contribution is 5.94. The molecule has 1 amide bonds. The summed E-state index contributed by atoms with van der Waals surface area (Å²) in [6.07, 6.45) is 9.56. The number of nitrogens with zero attached hydrogens (tertiary/aromatic N) is 2. The highest BCUT2D eigenvalue weighted by atomic mass is 16.5. The van der Waals surface area contributed by atoms with Crippen molar-refractivity contribution in [1.29, 1.82) is 0 Å². The van der Waals surface area contributed by atoms with E-state index < -0.39 is 0 Å². The average Bonchev–Trinajstić information content (AvgIpc) is 2.63. The molecule has 1 aromatic rings. The number of carbonyl (C=O) groups is 1. The molecule has 0 aromatic carbocycles. The first kappa shape index (κ1) is 18.7. The standard InChI is InChI=1S/C18H27N3O2.CH4/c22-18(21-11-9-19-10-12-21)16-6-7-17(20-14-16)23-13-8-15-4-2-1-3-5-15;/h6-7,14-15,19H,1-5,8-13H2;1H4. The molecule has 0 atom stereocenters. The topological polar surface area (TPSA) is 54.5 Å². The van der Waals surface area contributed by atoms with Gasteiger partial charge < -0.3 is 15.0 Å². The van der Waals surface area contributed by atoms with Gasteiger partial charge in [0, 0.05) is 38.4 Å². The number of aromatic nitrogens is 1. The van der Waals surface area contributed by atoms with E-state index in [1.807, 2.05) is 17.0 Å². The Balaban J connectivity index is 0.00000208. The van der Waals surface area contributed by atoms with Crippen LogP contribution in [0.5, 0.6) is 5.88 Å². The molecule has 1 saturated carbocycles. The summed E-state index contributed by atoms with van der Waals surface area (Å²) in [5.74, 6) is 1.50. The van der Waals surface area contributed by atoms with Crippen molar-refractivity contribution >= 4 is 5.91 Å². The normalized spacial score (nSPS) is 18.8. The van der Waals surface area contributed by atoms with Crippen molar-refractivity contribution in [3.8, 4) is 5.88 Å². The molecule has 0 spiro atoms. The van der Waals surface area contributed by atoms with Crippen LogP contribution < -0.4 is 10.1 Å². The molecule has 0 radical (unpaired) electrons. The Morgan fingerprint density at radius 2 is 1.96 bits per heavy atom. The molecule has 0 unspecified atom stereocenters. The minimum atomic E-state index is 0. The zero-order chi connectivity index (χ0) is 15.9. The molecule has 1 saturated heterocycles. The second-order valence-corrected chi connectivity index (χ2v) is 6.57. The van der Waals surface area contributed by atoms with Crippen LogP contribution in [0.25, 0.3) is 0 Å². The Morgan fingerprint density at radius 3 is 2.62 bits per heavy atom. The molecule has 1 N–H and O–H groups in total. The molecular formula is C19H31N3O2. The van der Waals surface area contributed by atoms with E-state index in [0.29, 0.717) is 11.4 Å². The van der Waals surface area contributed by atoms with E-state index in [1.165, 1.54) is 32.1 Å². The fourth-order valence-electron chi connectivity index (χ4n) is 3.45. The molecule has 0 bridgehead atoms. The molecule has 5 heteroatoms. The molecule has 2 aliphatic rings. The summed E-state index contributed by atoms with van der Waals surface area (Å²) in [6, 6.07) is 3.64. The van der Waals surface area contributed by atoms with Crippen LogP contribution in [0.4, 0.5) is 0 Å². The number of amides is 1. The van der Waals surface area contributed by atoms with Crippen molar-refractivity contribution in [3.05, 3.63) is 23.9 Å².